The first-order chi connectivity index (χ1) is 15.2. The minimum atomic E-state index is -0.969. The molecular weight excluding hydrogens is 436 g/mol. The van der Waals surface area contributed by atoms with Crippen LogP contribution in [0.1, 0.15) is 67.7 Å². The van der Waals surface area contributed by atoms with E-state index in [4.69, 9.17) is 16.3 Å². The largest absolute Gasteiger partial charge is 0.366 e. The summed E-state index contributed by atoms with van der Waals surface area (Å²) >= 11 is 6.35. The average molecular weight is 464 g/mol. The Morgan fingerprint density at radius 3 is 2.66 bits per heavy atom. The third-order valence-corrected chi connectivity index (χ3v) is 6.02. The zero-order chi connectivity index (χ0) is 23.3. The Bertz CT molecular complexity index is 1030. The fourth-order valence-corrected chi connectivity index (χ4v) is 3.91. The highest BCUT2D eigenvalue weighted by atomic mass is 35.5. The van der Waals surface area contributed by atoms with E-state index in [1.54, 1.807) is 21.0 Å². The van der Waals surface area contributed by atoms with Crippen LogP contribution in [0.3, 0.4) is 0 Å². The van der Waals surface area contributed by atoms with Crippen LogP contribution in [0, 0.1) is 29.4 Å². The summed E-state index contributed by atoms with van der Waals surface area (Å²) in [5.74, 6) is 4.03. The second-order valence-corrected chi connectivity index (χ2v) is 8.93. The number of imidazole rings is 1. The van der Waals surface area contributed by atoms with Gasteiger partial charge in [0.05, 0.1) is 6.54 Å². The van der Waals surface area contributed by atoms with Crippen LogP contribution in [-0.2, 0) is 11.3 Å². The second kappa shape index (κ2) is 10.5. The first-order valence-electron chi connectivity index (χ1n) is 10.8. The standard InChI is InChI=1S/C24H28ClF2N3O2/c1-24(2,32-3)12-11-20-21(22(31)28-14-16-7-5-4-6-8-16)30(23(25)29-20)15-17-9-10-18(26)19(27)13-17/h9-10,13,16H,4-8,14-15H2,1-3H3,(H,28,31). The van der Waals surface area contributed by atoms with Gasteiger partial charge in [-0.05, 0) is 67.8 Å². The molecule has 0 unspecified atom stereocenters. The number of hydrogen-bond donors (Lipinski definition) is 1. The van der Waals surface area contributed by atoms with Crippen molar-refractivity contribution in [2.75, 3.05) is 13.7 Å². The van der Waals surface area contributed by atoms with Crippen molar-refractivity contribution in [3.8, 4) is 11.8 Å². The first kappa shape index (κ1) is 24.2. The van der Waals surface area contributed by atoms with Crippen molar-refractivity contribution in [2.24, 2.45) is 5.92 Å². The van der Waals surface area contributed by atoms with Crippen LogP contribution in [0.5, 0.6) is 0 Å². The number of amides is 1. The maximum absolute atomic E-state index is 13.7. The van der Waals surface area contributed by atoms with Crippen molar-refractivity contribution in [1.82, 2.24) is 14.9 Å². The van der Waals surface area contributed by atoms with Crippen molar-refractivity contribution < 1.29 is 18.3 Å². The predicted octanol–water partition coefficient (Wildman–Crippen LogP) is 4.95. The fraction of sp³-hybridized carbons (Fsp3) is 0.500. The van der Waals surface area contributed by atoms with E-state index in [9.17, 15) is 13.6 Å². The van der Waals surface area contributed by atoms with E-state index in [1.165, 1.54) is 29.9 Å². The number of benzene rings is 1. The molecule has 32 heavy (non-hydrogen) atoms. The molecule has 1 amide bonds. The Labute approximate surface area is 192 Å². The van der Waals surface area contributed by atoms with E-state index < -0.39 is 17.2 Å². The van der Waals surface area contributed by atoms with Crippen molar-refractivity contribution in [3.05, 3.63) is 52.1 Å². The molecule has 1 aromatic carbocycles. The van der Waals surface area contributed by atoms with E-state index in [0.29, 0.717) is 18.0 Å². The smallest absolute Gasteiger partial charge is 0.270 e. The third kappa shape index (κ3) is 6.08. The molecule has 5 nitrogen and oxygen atoms in total. The average Bonchev–Trinajstić information content (AvgIpc) is 3.09. The summed E-state index contributed by atoms with van der Waals surface area (Å²) < 4.78 is 33.8. The minimum Gasteiger partial charge on any atom is -0.366 e. The number of carbonyl (C=O) groups is 1. The number of hydrogen-bond acceptors (Lipinski definition) is 3. The molecule has 0 saturated heterocycles. The molecule has 0 atom stereocenters. The SMILES string of the molecule is COC(C)(C)C#Cc1nc(Cl)n(Cc2ccc(F)c(F)c2)c1C(=O)NCC1CCCCC1. The van der Waals surface area contributed by atoms with Gasteiger partial charge >= 0.3 is 0 Å². The van der Waals surface area contributed by atoms with Crippen molar-refractivity contribution in [1.29, 1.82) is 0 Å². The molecule has 0 radical (unpaired) electrons. The van der Waals surface area contributed by atoms with E-state index in [0.717, 1.165) is 25.0 Å². The second-order valence-electron chi connectivity index (χ2n) is 8.59. The Morgan fingerprint density at radius 2 is 2.00 bits per heavy atom. The minimum absolute atomic E-state index is 0.0390. The van der Waals surface area contributed by atoms with Gasteiger partial charge in [-0.15, -0.1) is 0 Å². The van der Waals surface area contributed by atoms with Crippen LogP contribution in [0.4, 0.5) is 8.78 Å². The quantitative estimate of drug-likeness (QED) is 0.617. The summed E-state index contributed by atoms with van der Waals surface area (Å²) in [6.45, 7) is 4.19. The predicted molar refractivity (Wildman–Crippen MR) is 120 cm³/mol. The monoisotopic (exact) mass is 463 g/mol. The van der Waals surface area contributed by atoms with E-state index >= 15 is 0 Å². The van der Waals surface area contributed by atoms with Crippen LogP contribution < -0.4 is 5.32 Å². The number of carbonyl (C=O) groups excluding carboxylic acids is 1. The Balaban J connectivity index is 1.93. The van der Waals surface area contributed by atoms with Crippen LogP contribution in [0.25, 0.3) is 0 Å². The molecule has 3 rings (SSSR count). The van der Waals surface area contributed by atoms with E-state index in [-0.39, 0.29) is 29.1 Å². The van der Waals surface area contributed by atoms with Crippen LogP contribution >= 0.6 is 11.6 Å². The van der Waals surface area contributed by atoms with Gasteiger partial charge in [0.1, 0.15) is 17.0 Å². The number of methoxy groups -OCH3 is 1. The van der Waals surface area contributed by atoms with Gasteiger partial charge < -0.3 is 14.6 Å². The van der Waals surface area contributed by atoms with Gasteiger partial charge in [0.25, 0.3) is 5.91 Å². The Kier molecular flexibility index (Phi) is 7.91. The van der Waals surface area contributed by atoms with Gasteiger partial charge in [-0.2, -0.15) is 0 Å². The molecule has 1 heterocycles. The molecule has 1 saturated carbocycles. The van der Waals surface area contributed by atoms with Crippen LogP contribution in [0.15, 0.2) is 18.2 Å². The number of nitrogens with zero attached hydrogens (tertiary/aromatic N) is 2. The van der Waals surface area contributed by atoms with Crippen LogP contribution in [0.2, 0.25) is 5.28 Å². The lowest BCUT2D eigenvalue weighted by Crippen LogP contribution is -2.32. The summed E-state index contributed by atoms with van der Waals surface area (Å²) in [7, 11) is 1.54. The van der Waals surface area contributed by atoms with E-state index in [2.05, 4.69) is 22.1 Å². The lowest BCUT2D eigenvalue weighted by molar-refractivity contribution is 0.0741. The molecule has 1 N–H and O–H groups in total. The summed E-state index contributed by atoms with van der Waals surface area (Å²) in [4.78, 5) is 17.5. The highest BCUT2D eigenvalue weighted by Gasteiger charge is 2.24. The summed E-state index contributed by atoms with van der Waals surface area (Å²) in [6.07, 6.45) is 5.75. The van der Waals surface area contributed by atoms with Gasteiger partial charge in [0, 0.05) is 13.7 Å². The molecule has 0 aliphatic heterocycles. The summed E-state index contributed by atoms with van der Waals surface area (Å²) in [6, 6.07) is 3.56. The highest BCUT2D eigenvalue weighted by molar-refractivity contribution is 6.29. The molecule has 1 aliphatic rings. The Morgan fingerprint density at radius 1 is 1.28 bits per heavy atom. The maximum atomic E-state index is 13.7. The molecule has 2 aromatic rings. The molecular formula is C24H28ClF2N3O2. The van der Waals surface area contributed by atoms with Crippen molar-refractivity contribution >= 4 is 17.5 Å². The molecule has 172 valence electrons. The number of rotatable bonds is 6. The molecule has 8 heteroatoms. The summed E-state index contributed by atoms with van der Waals surface area (Å²) in [5, 5.41) is 3.03. The van der Waals surface area contributed by atoms with Gasteiger partial charge in [-0.1, -0.05) is 31.2 Å². The zero-order valence-electron chi connectivity index (χ0n) is 18.6. The Hall–Kier alpha value is -2.43. The number of ether oxygens (including phenoxy) is 1. The van der Waals surface area contributed by atoms with Crippen LogP contribution in [-0.4, -0.2) is 34.7 Å². The third-order valence-electron chi connectivity index (χ3n) is 5.73. The first-order valence-corrected chi connectivity index (χ1v) is 11.1. The lowest BCUT2D eigenvalue weighted by atomic mass is 9.89. The molecule has 0 bridgehead atoms. The number of halogens is 3. The van der Waals surface area contributed by atoms with Gasteiger partial charge in [-0.3, -0.25) is 4.79 Å². The lowest BCUT2D eigenvalue weighted by Gasteiger charge is -2.22. The zero-order valence-corrected chi connectivity index (χ0v) is 19.4. The van der Waals surface area contributed by atoms with Gasteiger partial charge in [-0.25, -0.2) is 13.8 Å². The fourth-order valence-electron chi connectivity index (χ4n) is 3.68. The highest BCUT2D eigenvalue weighted by Crippen LogP contribution is 2.24. The normalized spacial score (nSPS) is 14.7. The van der Waals surface area contributed by atoms with Crippen molar-refractivity contribution in [3.63, 3.8) is 0 Å². The molecule has 1 aromatic heterocycles. The molecule has 1 fully saturated rings. The van der Waals surface area contributed by atoms with Gasteiger partial charge in [0.2, 0.25) is 5.28 Å². The van der Waals surface area contributed by atoms with Gasteiger partial charge in [0.15, 0.2) is 11.6 Å². The van der Waals surface area contributed by atoms with Crippen molar-refractivity contribution in [2.45, 2.75) is 58.1 Å². The van der Waals surface area contributed by atoms with E-state index in [1.807, 2.05) is 0 Å². The maximum Gasteiger partial charge on any atom is 0.270 e. The molecule has 1 aliphatic carbocycles. The topological polar surface area (TPSA) is 56.2 Å². The summed E-state index contributed by atoms with van der Waals surface area (Å²) in [5.41, 5.74) is 0.103. The number of aromatic nitrogens is 2. The number of nitrogens with one attached hydrogen (secondary N) is 1. The molecule has 0 spiro atoms.